The van der Waals surface area contributed by atoms with Crippen molar-refractivity contribution in [3.05, 3.63) is 0 Å². The van der Waals surface area contributed by atoms with E-state index in [1.165, 1.54) is 0 Å². The number of aliphatic carboxylic acids is 1. The van der Waals surface area contributed by atoms with Gasteiger partial charge in [0.2, 0.25) is 11.8 Å². The number of β-lactam (4-membered cyclic amide) rings is 1. The highest BCUT2D eigenvalue weighted by atomic mass is 35.5. The summed E-state index contributed by atoms with van der Waals surface area (Å²) in [5, 5.41) is 10.5. The van der Waals surface area contributed by atoms with Crippen LogP contribution in [0.15, 0.2) is 0 Å². The largest absolute Gasteiger partial charge is 0.479 e. The number of nitrogens with one attached hydrogen (secondary N) is 1. The highest BCUT2D eigenvalue weighted by Gasteiger charge is 2.48. The van der Waals surface area contributed by atoms with Crippen LogP contribution < -0.4 is 5.32 Å². The fourth-order valence-electron chi connectivity index (χ4n) is 1.82. The fourth-order valence-corrected chi connectivity index (χ4v) is 2.74. The zero-order chi connectivity index (χ0) is 18.5. The number of carbonyl (C=O) groups is 3. The van der Waals surface area contributed by atoms with E-state index in [4.69, 9.17) is 33.7 Å². The number of carboxylic acids is 1. The van der Waals surface area contributed by atoms with Gasteiger partial charge < -0.3 is 20.1 Å². The molecule has 1 fully saturated rings. The first-order valence-corrected chi connectivity index (χ1v) is 8.22. The van der Waals surface area contributed by atoms with Crippen molar-refractivity contribution in [3.63, 3.8) is 0 Å². The molecule has 13 heteroatoms. The Bertz CT molecular complexity index is 534. The maximum atomic E-state index is 12.0. The first kappa shape index (κ1) is 20.8. The third-order valence-corrected chi connectivity index (χ3v) is 4.13. The van der Waals surface area contributed by atoms with Gasteiger partial charge in [0.25, 0.3) is 0 Å². The summed E-state index contributed by atoms with van der Waals surface area (Å²) in [6.07, 6.45) is 0. The lowest BCUT2D eigenvalue weighted by Crippen LogP contribution is -2.72. The van der Waals surface area contributed by atoms with E-state index in [9.17, 15) is 27.6 Å². The molecule has 2 N–H and O–H groups in total. The zero-order valence-corrected chi connectivity index (χ0v) is 14.2. The number of thioether (sulfide) groups is 1. The summed E-state index contributed by atoms with van der Waals surface area (Å²) in [5.41, 5.74) is -4.55. The lowest BCUT2D eigenvalue weighted by atomic mass is 9.96. The molecule has 24 heavy (non-hydrogen) atoms. The number of halogens is 4. The summed E-state index contributed by atoms with van der Waals surface area (Å²) in [6.45, 7) is -0.871. The Balaban J connectivity index is 2.49. The van der Waals surface area contributed by atoms with E-state index in [2.05, 4.69) is 5.32 Å². The number of hydrogen-bond acceptors (Lipinski definition) is 6. The molecule has 0 saturated carbocycles. The van der Waals surface area contributed by atoms with Gasteiger partial charge in [0.05, 0.1) is 18.3 Å². The quantitative estimate of drug-likeness (QED) is 0.345. The Morgan fingerprint density at radius 1 is 1.46 bits per heavy atom. The molecule has 0 aliphatic carbocycles. The summed E-state index contributed by atoms with van der Waals surface area (Å²) in [6, 6.07) is -1.73. The topological polar surface area (TPSA) is 95.9 Å². The molecule has 0 aromatic rings. The number of thiocarbonyl (C=S) groups is 1. The number of carboxylic acid groups (broad SMARTS) is 1. The second-order valence-corrected chi connectivity index (χ2v) is 6.33. The van der Waals surface area contributed by atoms with Crippen LogP contribution in [-0.2, 0) is 19.1 Å². The second-order valence-electron chi connectivity index (χ2n) is 4.52. The number of amides is 2. The number of nitrogens with zero attached hydrogens (tertiary/aromatic N) is 1. The van der Waals surface area contributed by atoms with E-state index in [1.807, 2.05) is 0 Å². The molecule has 1 saturated heterocycles. The average Bonchev–Trinajstić information content (AvgIpc) is 2.48. The predicted octanol–water partition coefficient (Wildman–Crippen LogP) is 0.602. The standard InChI is InChI=1S/C11H12ClF3N2O5S2/c12-1-5-9(16-6(18)4-24-11(13,14)15)10(21)17(5)2-8(23)22-3-7(19)20/h5,9H,1-4H2,(H,16,18)(H,19,20)/t5-,9+/m0/s1. The van der Waals surface area contributed by atoms with Crippen molar-refractivity contribution in [1.29, 1.82) is 0 Å². The Labute approximate surface area is 148 Å². The van der Waals surface area contributed by atoms with Gasteiger partial charge in [0, 0.05) is 5.88 Å². The van der Waals surface area contributed by atoms with Gasteiger partial charge in [-0.1, -0.05) is 0 Å². The Hall–Kier alpha value is -1.27. The third kappa shape index (κ3) is 6.32. The first-order valence-electron chi connectivity index (χ1n) is 6.29. The minimum absolute atomic E-state index is 0.0926. The van der Waals surface area contributed by atoms with E-state index in [-0.39, 0.29) is 17.5 Å². The zero-order valence-electron chi connectivity index (χ0n) is 11.8. The molecular formula is C11H12ClF3N2O5S2. The molecule has 1 heterocycles. The van der Waals surface area contributed by atoms with E-state index in [0.29, 0.717) is 0 Å². The van der Waals surface area contributed by atoms with Crippen LogP contribution in [-0.4, -0.2) is 75.2 Å². The summed E-state index contributed by atoms with van der Waals surface area (Å²) in [7, 11) is 0. The lowest BCUT2D eigenvalue weighted by Gasteiger charge is -2.46. The molecule has 0 aromatic carbocycles. The number of alkyl halides is 4. The first-order chi connectivity index (χ1) is 11.0. The smallest absolute Gasteiger partial charge is 0.442 e. The Morgan fingerprint density at radius 3 is 2.58 bits per heavy atom. The molecule has 0 radical (unpaired) electrons. The maximum Gasteiger partial charge on any atom is 0.442 e. The molecule has 7 nitrogen and oxygen atoms in total. The highest BCUT2D eigenvalue weighted by molar-refractivity contribution is 8.00. The Morgan fingerprint density at radius 2 is 2.08 bits per heavy atom. The van der Waals surface area contributed by atoms with Crippen LogP contribution in [0, 0.1) is 0 Å². The number of carbonyl (C=O) groups excluding carboxylic acids is 2. The van der Waals surface area contributed by atoms with Crippen LogP contribution in [0.4, 0.5) is 13.2 Å². The minimum Gasteiger partial charge on any atom is -0.479 e. The molecule has 1 aliphatic rings. The van der Waals surface area contributed by atoms with Gasteiger partial charge in [0.1, 0.15) is 6.04 Å². The molecule has 0 unspecified atom stereocenters. The van der Waals surface area contributed by atoms with E-state index >= 15 is 0 Å². The molecule has 1 rings (SSSR count). The summed E-state index contributed by atoms with van der Waals surface area (Å²) < 4.78 is 40.8. The molecule has 1 aliphatic heterocycles. The number of ether oxygens (including phenoxy) is 1. The SMILES string of the molecule is O=C(O)COC(=S)CN1C(=O)[C@H](NC(=O)CSC(F)(F)F)[C@@H]1CCl. The van der Waals surface area contributed by atoms with Gasteiger partial charge in [0.15, 0.2) is 11.7 Å². The lowest BCUT2D eigenvalue weighted by molar-refractivity contribution is -0.150. The molecule has 0 aromatic heterocycles. The summed E-state index contributed by atoms with van der Waals surface area (Å²) in [5.74, 6) is -3.75. The molecule has 0 bridgehead atoms. The maximum absolute atomic E-state index is 12.0. The molecular weight excluding hydrogens is 397 g/mol. The molecule has 0 spiro atoms. The molecule has 136 valence electrons. The van der Waals surface area contributed by atoms with Crippen molar-refractivity contribution in [2.75, 3.05) is 24.8 Å². The van der Waals surface area contributed by atoms with Crippen molar-refractivity contribution in [3.8, 4) is 0 Å². The van der Waals surface area contributed by atoms with Gasteiger partial charge in [-0.3, -0.25) is 9.59 Å². The van der Waals surface area contributed by atoms with Crippen LogP contribution in [0.25, 0.3) is 0 Å². The highest BCUT2D eigenvalue weighted by Crippen LogP contribution is 2.30. The van der Waals surface area contributed by atoms with Crippen molar-refractivity contribution >= 4 is 58.4 Å². The monoisotopic (exact) mass is 408 g/mol. The van der Waals surface area contributed by atoms with Crippen molar-refractivity contribution in [1.82, 2.24) is 10.2 Å². The molecule has 2 atom stereocenters. The fraction of sp³-hybridized carbons (Fsp3) is 0.636. The number of hydrogen-bond donors (Lipinski definition) is 2. The van der Waals surface area contributed by atoms with Crippen LogP contribution in [0.1, 0.15) is 0 Å². The van der Waals surface area contributed by atoms with Gasteiger partial charge >= 0.3 is 11.5 Å². The van der Waals surface area contributed by atoms with E-state index in [1.54, 1.807) is 0 Å². The van der Waals surface area contributed by atoms with Crippen LogP contribution >= 0.6 is 35.6 Å². The Kier molecular flexibility index (Phi) is 7.55. The minimum atomic E-state index is -4.55. The van der Waals surface area contributed by atoms with Crippen molar-refractivity contribution < 1.29 is 37.4 Å². The van der Waals surface area contributed by atoms with Gasteiger partial charge in [-0.2, -0.15) is 13.2 Å². The second kappa shape index (κ2) is 8.72. The van der Waals surface area contributed by atoms with Crippen LogP contribution in [0.5, 0.6) is 0 Å². The third-order valence-electron chi connectivity index (χ3n) is 2.83. The molecule has 2 amide bonds. The number of likely N-dealkylation sites (tertiary alicyclic amines) is 1. The van der Waals surface area contributed by atoms with Crippen LogP contribution in [0.3, 0.4) is 0 Å². The van der Waals surface area contributed by atoms with Gasteiger partial charge in [-0.25, -0.2) is 4.79 Å². The van der Waals surface area contributed by atoms with Crippen molar-refractivity contribution in [2.24, 2.45) is 0 Å². The normalized spacial score (nSPS) is 20.3. The summed E-state index contributed by atoms with van der Waals surface area (Å²) in [4.78, 5) is 34.9. The van der Waals surface area contributed by atoms with Crippen molar-refractivity contribution in [2.45, 2.75) is 17.6 Å². The van der Waals surface area contributed by atoms with E-state index < -0.39 is 59.5 Å². The van der Waals surface area contributed by atoms with Gasteiger partial charge in [-0.05, 0) is 24.0 Å². The van der Waals surface area contributed by atoms with E-state index in [0.717, 1.165) is 4.90 Å². The average molecular weight is 409 g/mol. The predicted molar refractivity (Wildman–Crippen MR) is 82.9 cm³/mol. The van der Waals surface area contributed by atoms with Crippen LogP contribution in [0.2, 0.25) is 0 Å². The van der Waals surface area contributed by atoms with Gasteiger partial charge in [-0.15, -0.1) is 11.6 Å². The summed E-state index contributed by atoms with van der Waals surface area (Å²) >= 11 is 9.95. The number of rotatable bonds is 8.